The Morgan fingerprint density at radius 1 is 1.06 bits per heavy atom. The van der Waals surface area contributed by atoms with Crippen LogP contribution in [0, 0.1) is 0 Å². The van der Waals surface area contributed by atoms with Gasteiger partial charge in [0.05, 0.1) is 5.75 Å². The molecule has 0 aromatic heterocycles. The first-order chi connectivity index (χ1) is 15.1. The van der Waals surface area contributed by atoms with Gasteiger partial charge in [0.25, 0.3) is 5.91 Å². The first-order valence-corrected chi connectivity index (χ1v) is 11.7. The smallest absolute Gasteiger partial charge is 0.255 e. The molecule has 1 atom stereocenters. The third-order valence-electron chi connectivity index (χ3n) is 5.20. The third-order valence-corrected chi connectivity index (χ3v) is 6.66. The fourth-order valence-electron chi connectivity index (χ4n) is 3.69. The predicted molar refractivity (Wildman–Crippen MR) is 129 cm³/mol. The van der Waals surface area contributed by atoms with E-state index >= 15 is 0 Å². The second-order valence-electron chi connectivity index (χ2n) is 7.39. The molecule has 0 unspecified atom stereocenters. The number of hydrogen-bond acceptors (Lipinski definition) is 3. The lowest BCUT2D eigenvalue weighted by atomic mass is 10.1. The molecular weight excluding hydrogens is 428 g/mol. The zero-order valence-electron chi connectivity index (χ0n) is 17.2. The van der Waals surface area contributed by atoms with Crippen LogP contribution in [0.2, 0.25) is 5.02 Å². The van der Waals surface area contributed by atoms with Crippen molar-refractivity contribution in [3.8, 4) is 0 Å². The number of benzene rings is 3. The number of para-hydroxylation sites is 1. The fraction of sp³-hybridized carbons (Fsp3) is 0.200. The average Bonchev–Trinajstić information content (AvgIpc) is 3.16. The highest BCUT2D eigenvalue weighted by Gasteiger charge is 2.34. The van der Waals surface area contributed by atoms with E-state index in [1.807, 2.05) is 47.4 Å². The lowest BCUT2D eigenvalue weighted by molar-refractivity contribution is -0.115. The molecule has 4 rings (SSSR count). The minimum Gasteiger partial charge on any atom is -0.322 e. The zero-order valence-corrected chi connectivity index (χ0v) is 18.7. The lowest BCUT2D eigenvalue weighted by Crippen LogP contribution is -2.28. The highest BCUT2D eigenvalue weighted by Crippen LogP contribution is 2.43. The Balaban J connectivity index is 1.53. The van der Waals surface area contributed by atoms with Gasteiger partial charge in [-0.25, -0.2) is 0 Å². The van der Waals surface area contributed by atoms with Gasteiger partial charge in [0.2, 0.25) is 5.91 Å². The monoisotopic (exact) mass is 450 g/mol. The maximum Gasteiger partial charge on any atom is 0.255 e. The standard InChI is InChI=1S/C25H23ClN2O2S/c1-2-5-17-6-3-4-7-22(17)28-23(29)16-31-25(28)19-10-14-21(15-11-19)27-24(30)18-8-12-20(26)13-9-18/h3-4,6-15,25H,2,5,16H2,1H3,(H,27,30)/t25-/m1/s1. The second-order valence-corrected chi connectivity index (χ2v) is 8.89. The fourth-order valence-corrected chi connectivity index (χ4v) is 4.99. The van der Waals surface area contributed by atoms with Crippen LogP contribution in [0.25, 0.3) is 0 Å². The van der Waals surface area contributed by atoms with E-state index in [1.54, 1.807) is 36.0 Å². The van der Waals surface area contributed by atoms with Crippen LogP contribution < -0.4 is 10.2 Å². The number of halogens is 1. The molecule has 158 valence electrons. The van der Waals surface area contributed by atoms with Gasteiger partial charge in [0, 0.05) is 22.0 Å². The number of thioether (sulfide) groups is 1. The summed E-state index contributed by atoms with van der Waals surface area (Å²) in [6, 6.07) is 22.6. The molecule has 1 fully saturated rings. The minimum absolute atomic E-state index is 0.0773. The maximum absolute atomic E-state index is 12.7. The largest absolute Gasteiger partial charge is 0.322 e. The average molecular weight is 451 g/mol. The molecule has 6 heteroatoms. The molecule has 4 nitrogen and oxygen atoms in total. The Kier molecular flexibility index (Phi) is 6.64. The van der Waals surface area contributed by atoms with E-state index in [-0.39, 0.29) is 17.2 Å². The maximum atomic E-state index is 12.7. The summed E-state index contributed by atoms with van der Waals surface area (Å²) >= 11 is 7.52. The Bertz CT molecular complexity index is 1080. The highest BCUT2D eigenvalue weighted by atomic mass is 35.5. The first kappa shape index (κ1) is 21.5. The number of carbonyl (C=O) groups is 2. The van der Waals surface area contributed by atoms with Crippen molar-refractivity contribution in [2.45, 2.75) is 25.1 Å². The van der Waals surface area contributed by atoms with Crippen LogP contribution >= 0.6 is 23.4 Å². The molecule has 31 heavy (non-hydrogen) atoms. The zero-order chi connectivity index (χ0) is 21.8. The molecule has 0 aliphatic carbocycles. The highest BCUT2D eigenvalue weighted by molar-refractivity contribution is 8.00. The van der Waals surface area contributed by atoms with Gasteiger partial charge in [0.15, 0.2) is 0 Å². The van der Waals surface area contributed by atoms with Crippen molar-refractivity contribution >= 4 is 46.6 Å². The predicted octanol–water partition coefficient (Wildman–Crippen LogP) is 6.32. The molecule has 1 saturated heterocycles. The summed E-state index contributed by atoms with van der Waals surface area (Å²) in [5.74, 6) is 0.392. The molecule has 1 aliphatic heterocycles. The molecule has 0 bridgehead atoms. The van der Waals surface area contributed by atoms with Gasteiger partial charge in [-0.15, -0.1) is 11.8 Å². The normalized spacial score (nSPS) is 15.9. The second kappa shape index (κ2) is 9.58. The summed E-state index contributed by atoms with van der Waals surface area (Å²) in [6.45, 7) is 2.14. The number of hydrogen-bond donors (Lipinski definition) is 1. The van der Waals surface area contributed by atoms with Crippen LogP contribution in [0.1, 0.15) is 40.2 Å². The SMILES string of the molecule is CCCc1ccccc1N1C(=O)CS[C@@H]1c1ccc(NC(=O)c2ccc(Cl)cc2)cc1. The molecule has 0 radical (unpaired) electrons. The number of aryl methyl sites for hydroxylation is 1. The van der Waals surface area contributed by atoms with Crippen LogP contribution in [0.15, 0.2) is 72.8 Å². The van der Waals surface area contributed by atoms with Crippen molar-refractivity contribution in [1.29, 1.82) is 0 Å². The molecule has 1 N–H and O–H groups in total. The van der Waals surface area contributed by atoms with Gasteiger partial charge in [-0.1, -0.05) is 55.3 Å². The molecule has 2 amide bonds. The van der Waals surface area contributed by atoms with E-state index in [4.69, 9.17) is 11.6 Å². The Morgan fingerprint density at radius 2 is 1.77 bits per heavy atom. The number of nitrogens with zero attached hydrogens (tertiary/aromatic N) is 1. The van der Waals surface area contributed by atoms with Gasteiger partial charge in [-0.3, -0.25) is 14.5 Å². The Labute approximate surface area is 191 Å². The number of amides is 2. The number of nitrogens with one attached hydrogen (secondary N) is 1. The van der Waals surface area contributed by atoms with Gasteiger partial charge in [-0.05, 0) is 60.0 Å². The van der Waals surface area contributed by atoms with Crippen molar-refractivity contribution < 1.29 is 9.59 Å². The van der Waals surface area contributed by atoms with Crippen molar-refractivity contribution in [3.63, 3.8) is 0 Å². The van der Waals surface area contributed by atoms with Crippen molar-refractivity contribution in [1.82, 2.24) is 0 Å². The van der Waals surface area contributed by atoms with Crippen LogP contribution in [-0.4, -0.2) is 17.6 Å². The summed E-state index contributed by atoms with van der Waals surface area (Å²) < 4.78 is 0. The quantitative estimate of drug-likeness (QED) is 0.477. The van der Waals surface area contributed by atoms with E-state index in [0.29, 0.717) is 22.0 Å². The first-order valence-electron chi connectivity index (χ1n) is 10.2. The van der Waals surface area contributed by atoms with Crippen LogP contribution in [0.4, 0.5) is 11.4 Å². The van der Waals surface area contributed by atoms with Crippen LogP contribution in [-0.2, 0) is 11.2 Å². The summed E-state index contributed by atoms with van der Waals surface area (Å²) in [7, 11) is 0. The topological polar surface area (TPSA) is 49.4 Å². The van der Waals surface area contributed by atoms with E-state index in [9.17, 15) is 9.59 Å². The van der Waals surface area contributed by atoms with Gasteiger partial charge >= 0.3 is 0 Å². The summed E-state index contributed by atoms with van der Waals surface area (Å²) in [6.07, 6.45) is 1.96. The molecule has 3 aromatic rings. The van der Waals surface area contributed by atoms with Gasteiger partial charge in [0.1, 0.15) is 5.37 Å². The van der Waals surface area contributed by atoms with Crippen molar-refractivity contribution in [3.05, 3.63) is 94.5 Å². The number of anilines is 2. The Morgan fingerprint density at radius 3 is 2.48 bits per heavy atom. The summed E-state index contributed by atoms with van der Waals surface area (Å²) in [5, 5.41) is 3.42. The molecule has 3 aromatic carbocycles. The van der Waals surface area contributed by atoms with Crippen LogP contribution in [0.3, 0.4) is 0 Å². The molecule has 0 spiro atoms. The molecule has 0 saturated carbocycles. The lowest BCUT2D eigenvalue weighted by Gasteiger charge is -2.26. The molecular formula is C25H23ClN2O2S. The van der Waals surface area contributed by atoms with Crippen molar-refractivity contribution in [2.75, 3.05) is 16.0 Å². The number of carbonyl (C=O) groups excluding carboxylic acids is 2. The molecule has 1 aliphatic rings. The van der Waals surface area contributed by atoms with Crippen molar-refractivity contribution in [2.24, 2.45) is 0 Å². The molecule has 1 heterocycles. The van der Waals surface area contributed by atoms with E-state index in [2.05, 4.69) is 18.3 Å². The van der Waals surface area contributed by atoms with Gasteiger partial charge < -0.3 is 5.32 Å². The van der Waals surface area contributed by atoms with E-state index in [0.717, 1.165) is 24.1 Å². The summed E-state index contributed by atoms with van der Waals surface area (Å²) in [5.41, 5.74) is 4.47. The van der Waals surface area contributed by atoms with Gasteiger partial charge in [-0.2, -0.15) is 0 Å². The van der Waals surface area contributed by atoms with E-state index < -0.39 is 0 Å². The minimum atomic E-state index is -0.190. The van der Waals surface area contributed by atoms with Crippen LogP contribution in [0.5, 0.6) is 0 Å². The third kappa shape index (κ3) is 4.78. The Hall–Kier alpha value is -2.76. The summed E-state index contributed by atoms with van der Waals surface area (Å²) in [4.78, 5) is 27.1. The number of rotatable bonds is 6. The van der Waals surface area contributed by atoms with E-state index in [1.165, 1.54) is 5.56 Å².